The number of imide groups is 1. The first-order valence-electron chi connectivity index (χ1n) is 9.28. The molecule has 0 saturated carbocycles. The molecule has 1 heterocycles. The van der Waals surface area contributed by atoms with Crippen LogP contribution in [0.5, 0.6) is 11.5 Å². The maximum atomic E-state index is 12.4. The molecule has 1 aliphatic rings. The Kier molecular flexibility index (Phi) is 6.91. The van der Waals surface area contributed by atoms with Crippen molar-refractivity contribution in [2.24, 2.45) is 0 Å². The largest absolute Gasteiger partial charge is 0.493 e. The van der Waals surface area contributed by atoms with Crippen LogP contribution in [0, 0.1) is 0 Å². The Morgan fingerprint density at radius 1 is 0.903 bits per heavy atom. The molecular formula is C21H20BrN3O6. The van der Waals surface area contributed by atoms with Gasteiger partial charge in [-0.2, -0.15) is 0 Å². The Morgan fingerprint density at radius 2 is 1.58 bits per heavy atom. The van der Waals surface area contributed by atoms with E-state index >= 15 is 0 Å². The smallest absolute Gasteiger partial charge is 0.262 e. The minimum atomic E-state index is -0.516. The van der Waals surface area contributed by atoms with E-state index in [2.05, 4.69) is 26.6 Å². The van der Waals surface area contributed by atoms with Gasteiger partial charge >= 0.3 is 0 Å². The number of nitrogens with zero attached hydrogens (tertiary/aromatic N) is 1. The predicted molar refractivity (Wildman–Crippen MR) is 114 cm³/mol. The first-order chi connectivity index (χ1) is 14.8. The summed E-state index contributed by atoms with van der Waals surface area (Å²) in [6, 6.07) is 9.52. The highest BCUT2D eigenvalue weighted by Gasteiger charge is 2.36. The van der Waals surface area contributed by atoms with Crippen molar-refractivity contribution < 1.29 is 28.7 Å². The van der Waals surface area contributed by atoms with E-state index in [1.807, 2.05) is 0 Å². The van der Waals surface area contributed by atoms with E-state index in [-0.39, 0.29) is 30.1 Å². The van der Waals surface area contributed by atoms with Gasteiger partial charge in [-0.15, -0.1) is 0 Å². The van der Waals surface area contributed by atoms with Gasteiger partial charge in [0.25, 0.3) is 17.7 Å². The van der Waals surface area contributed by atoms with Gasteiger partial charge in [-0.1, -0.05) is 15.9 Å². The molecule has 9 nitrogen and oxygen atoms in total. The Labute approximate surface area is 186 Å². The number of ether oxygens (including phenoxy) is 2. The van der Waals surface area contributed by atoms with Crippen molar-refractivity contribution in [2.45, 2.75) is 0 Å². The zero-order valence-corrected chi connectivity index (χ0v) is 18.4. The van der Waals surface area contributed by atoms with Gasteiger partial charge in [0.15, 0.2) is 11.5 Å². The van der Waals surface area contributed by atoms with Crippen molar-refractivity contribution in [3.05, 3.63) is 57.6 Å². The van der Waals surface area contributed by atoms with Gasteiger partial charge in [-0.3, -0.25) is 24.1 Å². The zero-order chi connectivity index (χ0) is 22.5. The number of nitrogens with one attached hydrogen (secondary N) is 2. The second kappa shape index (κ2) is 9.61. The Bertz CT molecular complexity index is 1060. The van der Waals surface area contributed by atoms with E-state index in [1.165, 1.54) is 14.2 Å². The molecule has 162 valence electrons. The highest BCUT2D eigenvalue weighted by atomic mass is 79.9. The van der Waals surface area contributed by atoms with E-state index in [1.54, 1.807) is 36.4 Å². The summed E-state index contributed by atoms with van der Waals surface area (Å²) in [5.74, 6) is -0.944. The number of benzene rings is 2. The van der Waals surface area contributed by atoms with Crippen LogP contribution in [0.3, 0.4) is 0 Å². The number of halogens is 1. The molecule has 0 unspecified atom stereocenters. The molecule has 10 heteroatoms. The molecular weight excluding hydrogens is 470 g/mol. The summed E-state index contributed by atoms with van der Waals surface area (Å²) in [5.41, 5.74) is 0.902. The zero-order valence-electron chi connectivity index (χ0n) is 16.9. The molecule has 2 aromatic rings. The molecule has 31 heavy (non-hydrogen) atoms. The summed E-state index contributed by atoms with van der Waals surface area (Å²) >= 11 is 3.26. The topological polar surface area (TPSA) is 114 Å². The number of hydrogen-bond acceptors (Lipinski definition) is 6. The fourth-order valence-electron chi connectivity index (χ4n) is 3.06. The first-order valence-corrected chi connectivity index (χ1v) is 10.1. The molecule has 0 atom stereocenters. The molecule has 2 N–H and O–H groups in total. The molecule has 3 rings (SSSR count). The highest BCUT2D eigenvalue weighted by molar-refractivity contribution is 9.10. The van der Waals surface area contributed by atoms with Crippen LogP contribution in [-0.2, 0) is 4.79 Å². The molecule has 0 aromatic heterocycles. The lowest BCUT2D eigenvalue weighted by Crippen LogP contribution is -2.42. The van der Waals surface area contributed by atoms with Crippen LogP contribution in [0.25, 0.3) is 0 Å². The van der Waals surface area contributed by atoms with Crippen LogP contribution in [-0.4, -0.2) is 62.4 Å². The van der Waals surface area contributed by atoms with E-state index in [0.717, 1.165) is 4.90 Å². The summed E-state index contributed by atoms with van der Waals surface area (Å²) < 4.78 is 11.0. The Hall–Kier alpha value is -3.40. The van der Waals surface area contributed by atoms with Gasteiger partial charge in [0.1, 0.15) is 6.54 Å². The monoisotopic (exact) mass is 489 g/mol. The minimum absolute atomic E-state index is 0.132. The molecule has 4 amide bonds. The summed E-state index contributed by atoms with van der Waals surface area (Å²) in [5, 5.41) is 5.25. The lowest BCUT2D eigenvalue weighted by atomic mass is 10.1. The van der Waals surface area contributed by atoms with Gasteiger partial charge in [0.05, 0.1) is 25.3 Å². The normalized spacial score (nSPS) is 12.4. The predicted octanol–water partition coefficient (Wildman–Crippen LogP) is 1.61. The number of carbonyl (C=O) groups is 4. The summed E-state index contributed by atoms with van der Waals surface area (Å²) in [6.45, 7) is -0.103. The van der Waals surface area contributed by atoms with Crippen molar-refractivity contribution in [1.82, 2.24) is 15.5 Å². The fourth-order valence-corrected chi connectivity index (χ4v) is 3.42. The van der Waals surface area contributed by atoms with E-state index in [9.17, 15) is 19.2 Å². The molecule has 1 aliphatic heterocycles. The summed E-state index contributed by atoms with van der Waals surface area (Å²) in [6.07, 6.45) is 0. The number of fused-ring (bicyclic) bond motifs is 1. The minimum Gasteiger partial charge on any atom is -0.493 e. The van der Waals surface area contributed by atoms with Crippen LogP contribution >= 0.6 is 15.9 Å². The van der Waals surface area contributed by atoms with Gasteiger partial charge in [0.2, 0.25) is 5.91 Å². The van der Waals surface area contributed by atoms with Crippen LogP contribution in [0.15, 0.2) is 40.9 Å². The molecule has 2 aromatic carbocycles. The summed E-state index contributed by atoms with van der Waals surface area (Å²) in [7, 11) is 2.98. The third-order valence-corrected chi connectivity index (χ3v) is 5.11. The fraction of sp³-hybridized carbons (Fsp3) is 0.238. The van der Waals surface area contributed by atoms with Crippen LogP contribution < -0.4 is 20.1 Å². The molecule has 0 saturated heterocycles. The van der Waals surface area contributed by atoms with Gasteiger partial charge < -0.3 is 20.1 Å². The number of carbonyl (C=O) groups excluding carboxylic acids is 4. The van der Waals surface area contributed by atoms with Crippen LogP contribution in [0.2, 0.25) is 0 Å². The summed E-state index contributed by atoms with van der Waals surface area (Å²) in [4.78, 5) is 50.1. The molecule has 0 aliphatic carbocycles. The second-order valence-electron chi connectivity index (χ2n) is 6.56. The molecule has 0 fully saturated rings. The highest BCUT2D eigenvalue weighted by Crippen LogP contribution is 2.27. The van der Waals surface area contributed by atoms with E-state index < -0.39 is 24.3 Å². The van der Waals surface area contributed by atoms with E-state index in [0.29, 0.717) is 21.5 Å². The molecule has 0 bridgehead atoms. The maximum Gasteiger partial charge on any atom is 0.262 e. The second-order valence-corrected chi connectivity index (χ2v) is 7.48. The average molecular weight is 490 g/mol. The van der Waals surface area contributed by atoms with Crippen LogP contribution in [0.1, 0.15) is 31.1 Å². The third kappa shape index (κ3) is 4.85. The van der Waals surface area contributed by atoms with Crippen molar-refractivity contribution in [3.63, 3.8) is 0 Å². The van der Waals surface area contributed by atoms with Crippen molar-refractivity contribution in [2.75, 3.05) is 33.9 Å². The number of methoxy groups -OCH3 is 2. The number of hydrogen-bond donors (Lipinski definition) is 2. The van der Waals surface area contributed by atoms with Crippen LogP contribution in [0.4, 0.5) is 0 Å². The van der Waals surface area contributed by atoms with Crippen molar-refractivity contribution in [3.8, 4) is 11.5 Å². The Morgan fingerprint density at radius 3 is 2.29 bits per heavy atom. The third-order valence-electron chi connectivity index (χ3n) is 4.61. The first kappa shape index (κ1) is 22.3. The van der Waals surface area contributed by atoms with Gasteiger partial charge in [-0.25, -0.2) is 0 Å². The standard InChI is InChI=1S/C21H20BrN3O6/c1-30-16-6-3-12(9-17(16)31-2)19(27)24-8-7-23-18(26)11-25-20(28)14-5-4-13(22)10-15(14)21(25)29/h3-6,9-10H,7-8,11H2,1-2H3,(H,23,26)(H,24,27). The lowest BCUT2D eigenvalue weighted by molar-refractivity contribution is -0.121. The van der Waals surface area contributed by atoms with E-state index in [4.69, 9.17) is 9.47 Å². The molecule has 0 radical (unpaired) electrons. The average Bonchev–Trinajstić information content (AvgIpc) is 3.00. The van der Waals surface area contributed by atoms with Gasteiger partial charge in [0, 0.05) is 23.1 Å². The SMILES string of the molecule is COc1ccc(C(=O)NCCNC(=O)CN2C(=O)c3ccc(Br)cc3C2=O)cc1OC. The van der Waals surface area contributed by atoms with Crippen molar-refractivity contribution in [1.29, 1.82) is 0 Å². The van der Waals surface area contributed by atoms with Gasteiger partial charge in [-0.05, 0) is 36.4 Å². The van der Waals surface area contributed by atoms with Crippen molar-refractivity contribution >= 4 is 39.6 Å². The lowest BCUT2D eigenvalue weighted by Gasteiger charge is -2.14. The number of amides is 4. The Balaban J connectivity index is 1.47. The number of rotatable bonds is 8. The molecule has 0 spiro atoms. The quantitative estimate of drug-likeness (QED) is 0.430. The maximum absolute atomic E-state index is 12.4.